The molecule has 17 heavy (non-hydrogen) atoms. The van der Waals surface area contributed by atoms with E-state index in [9.17, 15) is 0 Å². The van der Waals surface area contributed by atoms with Gasteiger partial charge in [-0.1, -0.05) is 35.9 Å². The SMILES string of the molecule is C=CCCCN(C)CC(N)c1ccc(C)cc1. The molecule has 0 spiro atoms. The van der Waals surface area contributed by atoms with Gasteiger partial charge in [0.2, 0.25) is 0 Å². The van der Waals surface area contributed by atoms with Crippen LogP contribution in [0.2, 0.25) is 0 Å². The Labute approximate surface area is 105 Å². The lowest BCUT2D eigenvalue weighted by Crippen LogP contribution is -2.29. The molecule has 94 valence electrons. The van der Waals surface area contributed by atoms with Gasteiger partial charge >= 0.3 is 0 Å². The molecule has 0 amide bonds. The Morgan fingerprint density at radius 3 is 2.59 bits per heavy atom. The Hall–Kier alpha value is -1.12. The summed E-state index contributed by atoms with van der Waals surface area (Å²) in [5.74, 6) is 0. The largest absolute Gasteiger partial charge is 0.323 e. The highest BCUT2D eigenvalue weighted by atomic mass is 15.1. The molecule has 1 unspecified atom stereocenters. The van der Waals surface area contributed by atoms with E-state index in [1.165, 1.54) is 11.1 Å². The fraction of sp³-hybridized carbons (Fsp3) is 0.467. The molecular weight excluding hydrogens is 208 g/mol. The molecule has 0 aromatic heterocycles. The van der Waals surface area contributed by atoms with Crippen LogP contribution in [0.1, 0.15) is 30.0 Å². The second-order valence-corrected chi connectivity index (χ2v) is 4.71. The number of likely N-dealkylation sites (N-methyl/N-ethyl adjacent to an activating group) is 1. The third-order valence-corrected chi connectivity index (χ3v) is 2.96. The highest BCUT2D eigenvalue weighted by Crippen LogP contribution is 2.12. The Balaban J connectivity index is 2.40. The summed E-state index contributed by atoms with van der Waals surface area (Å²) in [7, 11) is 2.12. The van der Waals surface area contributed by atoms with Crippen molar-refractivity contribution in [1.29, 1.82) is 0 Å². The number of aryl methyl sites for hydroxylation is 1. The summed E-state index contributed by atoms with van der Waals surface area (Å²) < 4.78 is 0. The van der Waals surface area contributed by atoms with E-state index >= 15 is 0 Å². The van der Waals surface area contributed by atoms with Crippen molar-refractivity contribution in [1.82, 2.24) is 4.90 Å². The van der Waals surface area contributed by atoms with Gasteiger partial charge in [-0.2, -0.15) is 0 Å². The van der Waals surface area contributed by atoms with Crippen LogP contribution in [0.3, 0.4) is 0 Å². The molecule has 0 saturated carbocycles. The van der Waals surface area contributed by atoms with Gasteiger partial charge in [0, 0.05) is 12.6 Å². The molecule has 0 aliphatic carbocycles. The molecule has 1 aromatic rings. The van der Waals surface area contributed by atoms with Gasteiger partial charge in [0.05, 0.1) is 0 Å². The summed E-state index contributed by atoms with van der Waals surface area (Å²) in [6, 6.07) is 8.58. The van der Waals surface area contributed by atoms with Crippen molar-refractivity contribution in [3.05, 3.63) is 48.0 Å². The Morgan fingerprint density at radius 2 is 2.00 bits per heavy atom. The van der Waals surface area contributed by atoms with Crippen LogP contribution in [0, 0.1) is 6.92 Å². The van der Waals surface area contributed by atoms with E-state index in [1.807, 2.05) is 6.08 Å². The highest BCUT2D eigenvalue weighted by Gasteiger charge is 2.08. The zero-order chi connectivity index (χ0) is 12.7. The second kappa shape index (κ2) is 7.25. The zero-order valence-electron chi connectivity index (χ0n) is 11.0. The first-order valence-corrected chi connectivity index (χ1v) is 6.25. The molecule has 1 atom stereocenters. The minimum Gasteiger partial charge on any atom is -0.323 e. The summed E-state index contributed by atoms with van der Waals surface area (Å²) in [4.78, 5) is 2.29. The van der Waals surface area contributed by atoms with Crippen LogP contribution < -0.4 is 5.73 Å². The van der Waals surface area contributed by atoms with Crippen LogP contribution in [0.5, 0.6) is 0 Å². The average Bonchev–Trinajstić information content (AvgIpc) is 2.30. The third-order valence-electron chi connectivity index (χ3n) is 2.96. The number of nitrogens with two attached hydrogens (primary N) is 1. The molecule has 2 heteroatoms. The number of hydrogen-bond acceptors (Lipinski definition) is 2. The highest BCUT2D eigenvalue weighted by molar-refractivity contribution is 5.24. The lowest BCUT2D eigenvalue weighted by atomic mass is 10.1. The predicted octanol–water partition coefficient (Wildman–Crippen LogP) is 2.89. The van der Waals surface area contributed by atoms with Gasteiger partial charge in [0.25, 0.3) is 0 Å². The van der Waals surface area contributed by atoms with Gasteiger partial charge < -0.3 is 10.6 Å². The summed E-state index contributed by atoms with van der Waals surface area (Å²) in [5.41, 5.74) is 8.68. The van der Waals surface area contributed by atoms with Crippen LogP contribution in [-0.4, -0.2) is 25.0 Å². The summed E-state index contributed by atoms with van der Waals surface area (Å²) >= 11 is 0. The van der Waals surface area contributed by atoms with Crippen LogP contribution in [0.4, 0.5) is 0 Å². The fourth-order valence-electron chi connectivity index (χ4n) is 1.85. The van der Waals surface area contributed by atoms with E-state index in [0.29, 0.717) is 0 Å². The lowest BCUT2D eigenvalue weighted by Gasteiger charge is -2.21. The standard InChI is InChI=1S/C15H24N2/c1-4-5-6-11-17(3)12-15(16)14-9-7-13(2)8-10-14/h4,7-10,15H,1,5-6,11-12,16H2,2-3H3. The van der Waals surface area contributed by atoms with E-state index in [-0.39, 0.29) is 6.04 Å². The minimum absolute atomic E-state index is 0.101. The third kappa shape index (κ3) is 5.16. The molecule has 1 aromatic carbocycles. The van der Waals surface area contributed by atoms with Crippen molar-refractivity contribution < 1.29 is 0 Å². The van der Waals surface area contributed by atoms with E-state index in [4.69, 9.17) is 5.73 Å². The molecule has 0 aliphatic rings. The maximum absolute atomic E-state index is 6.19. The number of rotatable bonds is 7. The monoisotopic (exact) mass is 232 g/mol. The molecule has 2 N–H and O–H groups in total. The van der Waals surface area contributed by atoms with Gasteiger partial charge in [-0.25, -0.2) is 0 Å². The van der Waals surface area contributed by atoms with E-state index in [1.54, 1.807) is 0 Å². The van der Waals surface area contributed by atoms with Gasteiger partial charge in [0.15, 0.2) is 0 Å². The molecular formula is C15H24N2. The molecule has 1 rings (SSSR count). The van der Waals surface area contributed by atoms with Crippen LogP contribution in [0.15, 0.2) is 36.9 Å². The number of benzene rings is 1. The molecule has 0 aliphatic heterocycles. The second-order valence-electron chi connectivity index (χ2n) is 4.71. The van der Waals surface area contributed by atoms with E-state index < -0.39 is 0 Å². The van der Waals surface area contributed by atoms with Crippen molar-refractivity contribution in [2.24, 2.45) is 5.73 Å². The average molecular weight is 232 g/mol. The van der Waals surface area contributed by atoms with Gasteiger partial charge in [-0.05, 0) is 38.9 Å². The van der Waals surface area contributed by atoms with Crippen molar-refractivity contribution in [3.63, 3.8) is 0 Å². The van der Waals surface area contributed by atoms with Gasteiger partial charge in [0.1, 0.15) is 0 Å². The first-order valence-electron chi connectivity index (χ1n) is 6.25. The number of unbranched alkanes of at least 4 members (excludes halogenated alkanes) is 1. The molecule has 2 nitrogen and oxygen atoms in total. The summed E-state index contributed by atoms with van der Waals surface area (Å²) in [5, 5.41) is 0. The van der Waals surface area contributed by atoms with Crippen molar-refractivity contribution >= 4 is 0 Å². The van der Waals surface area contributed by atoms with E-state index in [2.05, 4.69) is 49.7 Å². The number of nitrogens with zero attached hydrogens (tertiary/aromatic N) is 1. The molecule has 0 bridgehead atoms. The van der Waals surface area contributed by atoms with Crippen LogP contribution >= 0.6 is 0 Å². The summed E-state index contributed by atoms with van der Waals surface area (Å²) in [6.45, 7) is 7.80. The predicted molar refractivity (Wildman–Crippen MR) is 75.0 cm³/mol. The molecule has 0 fully saturated rings. The summed E-state index contributed by atoms with van der Waals surface area (Å²) in [6.07, 6.45) is 4.19. The normalized spacial score (nSPS) is 12.7. The maximum Gasteiger partial charge on any atom is 0.0424 e. The quantitative estimate of drug-likeness (QED) is 0.578. The molecule has 0 radical (unpaired) electrons. The fourth-order valence-corrected chi connectivity index (χ4v) is 1.85. The minimum atomic E-state index is 0.101. The smallest absolute Gasteiger partial charge is 0.0424 e. The molecule has 0 saturated heterocycles. The lowest BCUT2D eigenvalue weighted by molar-refractivity contribution is 0.309. The van der Waals surface area contributed by atoms with Crippen molar-refractivity contribution in [2.45, 2.75) is 25.8 Å². The Kier molecular flexibility index (Phi) is 5.95. The van der Waals surface area contributed by atoms with Crippen molar-refractivity contribution in [3.8, 4) is 0 Å². The van der Waals surface area contributed by atoms with Crippen molar-refractivity contribution in [2.75, 3.05) is 20.1 Å². The first kappa shape index (κ1) is 13.9. The maximum atomic E-state index is 6.19. The van der Waals surface area contributed by atoms with Crippen LogP contribution in [0.25, 0.3) is 0 Å². The number of hydrogen-bond donors (Lipinski definition) is 1. The topological polar surface area (TPSA) is 29.3 Å². The van der Waals surface area contributed by atoms with Gasteiger partial charge in [-0.3, -0.25) is 0 Å². The van der Waals surface area contributed by atoms with Crippen LogP contribution in [-0.2, 0) is 0 Å². The number of allylic oxidation sites excluding steroid dienone is 1. The Bertz CT molecular complexity index is 329. The first-order chi connectivity index (χ1) is 8.13. The zero-order valence-corrected chi connectivity index (χ0v) is 11.0. The van der Waals surface area contributed by atoms with E-state index in [0.717, 1.165) is 25.9 Å². The Morgan fingerprint density at radius 1 is 1.35 bits per heavy atom. The molecule has 0 heterocycles. The van der Waals surface area contributed by atoms with Gasteiger partial charge in [-0.15, -0.1) is 6.58 Å².